The van der Waals surface area contributed by atoms with Gasteiger partial charge in [0.2, 0.25) is 5.88 Å². The lowest BCUT2D eigenvalue weighted by Gasteiger charge is -2.45. The zero-order valence-electron chi connectivity index (χ0n) is 20.8. The second-order valence-electron chi connectivity index (χ2n) is 10.9. The molecule has 34 heavy (non-hydrogen) atoms. The van der Waals surface area contributed by atoms with Crippen LogP contribution in [0.3, 0.4) is 0 Å². The van der Waals surface area contributed by atoms with Crippen LogP contribution < -0.4 is 15.8 Å². The van der Waals surface area contributed by atoms with Gasteiger partial charge in [-0.25, -0.2) is 9.48 Å². The topological polar surface area (TPSA) is 108 Å². The highest BCUT2D eigenvalue weighted by molar-refractivity contribution is 5.96. The van der Waals surface area contributed by atoms with Gasteiger partial charge in [0, 0.05) is 23.6 Å². The molecular weight excluding hydrogens is 439 g/mol. The Hall–Kier alpha value is -2.58. The molecular formula is C25H39FN4O4. The molecule has 0 aliphatic heterocycles. The molecule has 0 radical (unpaired) electrons. The van der Waals surface area contributed by atoms with Crippen molar-refractivity contribution in [1.82, 2.24) is 15.1 Å². The number of halogens is 1. The third kappa shape index (κ3) is 6.73. The second-order valence-corrected chi connectivity index (χ2v) is 10.9. The molecule has 0 aromatic carbocycles. The number of allylic oxidation sites excluding steroid dienone is 1. The van der Waals surface area contributed by atoms with E-state index in [9.17, 15) is 14.0 Å². The number of carbonyl (C=O) groups excluding carboxylic acids is 2. The van der Waals surface area contributed by atoms with Crippen LogP contribution >= 0.6 is 0 Å². The van der Waals surface area contributed by atoms with E-state index >= 15 is 0 Å². The molecule has 2 aliphatic carbocycles. The summed E-state index contributed by atoms with van der Waals surface area (Å²) >= 11 is 0. The van der Waals surface area contributed by atoms with Crippen molar-refractivity contribution < 1.29 is 23.5 Å². The molecule has 1 heterocycles. The van der Waals surface area contributed by atoms with Crippen molar-refractivity contribution in [3.05, 3.63) is 17.8 Å². The number of carbonyl (C=O) groups is 2. The van der Waals surface area contributed by atoms with Crippen LogP contribution in [0.2, 0.25) is 0 Å². The lowest BCUT2D eigenvalue weighted by Crippen LogP contribution is -2.52. The van der Waals surface area contributed by atoms with Gasteiger partial charge in [-0.3, -0.25) is 9.18 Å². The summed E-state index contributed by atoms with van der Waals surface area (Å²) in [5.74, 6) is 1.24. The number of rotatable bonds is 10. The number of amides is 2. The van der Waals surface area contributed by atoms with Crippen LogP contribution in [0.5, 0.6) is 5.88 Å². The fourth-order valence-corrected chi connectivity index (χ4v) is 4.98. The van der Waals surface area contributed by atoms with E-state index in [2.05, 4.69) is 10.4 Å². The van der Waals surface area contributed by atoms with E-state index in [-0.39, 0.29) is 30.4 Å². The quantitative estimate of drug-likeness (QED) is 0.518. The molecule has 2 amide bonds. The maximum atomic E-state index is 13.4. The minimum atomic E-state index is -0.797. The highest BCUT2D eigenvalue weighted by Gasteiger charge is 2.41. The van der Waals surface area contributed by atoms with Gasteiger partial charge in [-0.2, -0.15) is 5.10 Å². The van der Waals surface area contributed by atoms with Crippen molar-refractivity contribution in [2.75, 3.05) is 19.9 Å². The van der Waals surface area contributed by atoms with Crippen molar-refractivity contribution in [3.63, 3.8) is 0 Å². The Kier molecular flexibility index (Phi) is 8.60. The molecule has 1 aromatic rings. The lowest BCUT2D eigenvalue weighted by molar-refractivity contribution is 0.0408. The first-order valence-corrected chi connectivity index (χ1v) is 12.3. The van der Waals surface area contributed by atoms with E-state index in [4.69, 9.17) is 15.2 Å². The number of aromatic nitrogens is 2. The fourth-order valence-electron chi connectivity index (χ4n) is 4.98. The SMILES string of the molecule is CC(C)COc1c(C(=O)N[C@H]2C3CCCC(C3)CC2COC(N)=O)cnn1/C=C/C(C)(C)CF. The molecule has 4 atom stereocenters. The largest absolute Gasteiger partial charge is 0.477 e. The number of primary amides is 1. The second kappa shape index (κ2) is 11.2. The average molecular weight is 479 g/mol. The molecule has 2 saturated carbocycles. The Bertz CT molecular complexity index is 882. The molecule has 0 saturated heterocycles. The molecule has 8 nitrogen and oxygen atoms in total. The summed E-state index contributed by atoms with van der Waals surface area (Å²) < 4.78 is 25.9. The van der Waals surface area contributed by atoms with Gasteiger partial charge in [0.25, 0.3) is 5.91 Å². The summed E-state index contributed by atoms with van der Waals surface area (Å²) in [6.07, 6.45) is 9.35. The number of ether oxygens (including phenoxy) is 2. The monoisotopic (exact) mass is 478 g/mol. The lowest BCUT2D eigenvalue weighted by atomic mass is 9.65. The Morgan fingerprint density at radius 2 is 2.12 bits per heavy atom. The first-order chi connectivity index (χ1) is 16.1. The van der Waals surface area contributed by atoms with Crippen molar-refractivity contribution >= 4 is 18.2 Å². The standard InChI is InChI=1S/C25H39FN4O4/c1-16(2)13-33-23-20(12-28-30(23)9-8-25(3,4)15-26)22(31)29-21-18-7-5-6-17(10-18)11-19(21)14-34-24(27)32/h8-9,12,16-19,21H,5-7,10-11,13-15H2,1-4H3,(H2,27,32)(H,29,31)/b9-8+/t17?,18?,19?,21-/m0/s1. The predicted molar refractivity (Wildman–Crippen MR) is 128 cm³/mol. The van der Waals surface area contributed by atoms with Gasteiger partial charge in [0.15, 0.2) is 0 Å². The van der Waals surface area contributed by atoms with E-state index in [1.165, 1.54) is 17.3 Å². The normalized spacial score (nSPS) is 24.9. The highest BCUT2D eigenvalue weighted by atomic mass is 19.1. The van der Waals surface area contributed by atoms with Crippen LogP contribution in [-0.4, -0.2) is 47.7 Å². The first kappa shape index (κ1) is 26.0. The predicted octanol–water partition coefficient (Wildman–Crippen LogP) is 4.40. The van der Waals surface area contributed by atoms with Crippen molar-refractivity contribution in [2.24, 2.45) is 34.8 Å². The van der Waals surface area contributed by atoms with Gasteiger partial charge in [-0.1, -0.05) is 46.6 Å². The molecule has 2 bridgehead atoms. The Balaban J connectivity index is 1.83. The Morgan fingerprint density at radius 1 is 1.35 bits per heavy atom. The van der Waals surface area contributed by atoms with Gasteiger partial charge in [0.05, 0.1) is 26.1 Å². The smallest absolute Gasteiger partial charge is 0.404 e. The zero-order valence-corrected chi connectivity index (χ0v) is 20.8. The molecule has 2 fully saturated rings. The van der Waals surface area contributed by atoms with Gasteiger partial charge >= 0.3 is 6.09 Å². The van der Waals surface area contributed by atoms with Crippen LogP contribution in [0.25, 0.3) is 6.20 Å². The number of nitrogens with zero attached hydrogens (tertiary/aromatic N) is 2. The van der Waals surface area contributed by atoms with Crippen molar-refractivity contribution in [1.29, 1.82) is 0 Å². The van der Waals surface area contributed by atoms with Gasteiger partial charge in [-0.15, -0.1) is 0 Å². The van der Waals surface area contributed by atoms with Crippen molar-refractivity contribution in [2.45, 2.75) is 65.8 Å². The Morgan fingerprint density at radius 3 is 2.79 bits per heavy atom. The number of fused-ring (bicyclic) bond motifs is 2. The van der Waals surface area contributed by atoms with Crippen LogP contribution in [0.4, 0.5) is 9.18 Å². The van der Waals surface area contributed by atoms with Crippen LogP contribution in [-0.2, 0) is 4.74 Å². The number of alkyl halides is 1. The summed E-state index contributed by atoms with van der Waals surface area (Å²) in [5.41, 5.74) is 4.88. The van der Waals surface area contributed by atoms with Gasteiger partial charge in [0.1, 0.15) is 5.56 Å². The van der Waals surface area contributed by atoms with Gasteiger partial charge < -0.3 is 20.5 Å². The van der Waals surface area contributed by atoms with E-state index in [1.54, 1.807) is 26.1 Å². The molecule has 3 unspecified atom stereocenters. The summed E-state index contributed by atoms with van der Waals surface area (Å²) in [5, 5.41) is 7.52. The molecule has 0 spiro atoms. The van der Waals surface area contributed by atoms with E-state index in [1.807, 2.05) is 13.8 Å². The third-order valence-electron chi connectivity index (χ3n) is 6.77. The highest BCUT2D eigenvalue weighted by Crippen LogP contribution is 2.43. The zero-order chi connectivity index (χ0) is 24.9. The van der Waals surface area contributed by atoms with Crippen LogP contribution in [0.1, 0.15) is 70.2 Å². The number of hydrogen-bond acceptors (Lipinski definition) is 5. The van der Waals surface area contributed by atoms with Crippen LogP contribution in [0, 0.1) is 29.1 Å². The molecule has 190 valence electrons. The summed E-state index contributed by atoms with van der Waals surface area (Å²) in [7, 11) is 0. The molecule has 3 N–H and O–H groups in total. The van der Waals surface area contributed by atoms with Gasteiger partial charge in [-0.05, 0) is 37.0 Å². The summed E-state index contributed by atoms with van der Waals surface area (Å²) in [6, 6.07) is -0.120. The van der Waals surface area contributed by atoms with Crippen molar-refractivity contribution in [3.8, 4) is 5.88 Å². The number of nitrogens with one attached hydrogen (secondary N) is 1. The molecule has 1 aromatic heterocycles. The molecule has 9 heteroatoms. The first-order valence-electron chi connectivity index (χ1n) is 12.3. The third-order valence-corrected chi connectivity index (χ3v) is 6.77. The number of hydrogen-bond donors (Lipinski definition) is 2. The average Bonchev–Trinajstić information content (AvgIpc) is 3.20. The van der Waals surface area contributed by atoms with E-state index < -0.39 is 18.2 Å². The van der Waals surface area contributed by atoms with E-state index in [0.717, 1.165) is 25.7 Å². The minimum absolute atomic E-state index is 0.0147. The van der Waals surface area contributed by atoms with Crippen LogP contribution in [0.15, 0.2) is 12.3 Å². The Labute approximate surface area is 201 Å². The molecule has 3 rings (SSSR count). The number of nitrogens with two attached hydrogens (primary N) is 1. The minimum Gasteiger partial charge on any atom is -0.477 e. The fraction of sp³-hybridized carbons (Fsp3) is 0.720. The van der Waals surface area contributed by atoms with E-state index in [0.29, 0.717) is 29.9 Å². The summed E-state index contributed by atoms with van der Waals surface area (Å²) in [6.45, 7) is 7.70. The maximum absolute atomic E-state index is 13.4. The summed E-state index contributed by atoms with van der Waals surface area (Å²) in [4.78, 5) is 24.7. The maximum Gasteiger partial charge on any atom is 0.404 e. The molecule has 2 aliphatic rings.